The molecule has 0 saturated heterocycles. The Bertz CT molecular complexity index is 306. The number of unbranched alkanes of at least 4 members (excludes halogenated alkanes) is 9. The van der Waals surface area contributed by atoms with Gasteiger partial charge >= 0.3 is 7.82 Å². The summed E-state index contributed by atoms with van der Waals surface area (Å²) in [5.74, 6) is 0. The molecule has 0 aromatic rings. The van der Waals surface area contributed by atoms with Gasteiger partial charge in [0.05, 0.1) is 13.2 Å². The highest BCUT2D eigenvalue weighted by molar-refractivity contribution is 7.46. The second-order valence-electron chi connectivity index (χ2n) is 6.08. The van der Waals surface area contributed by atoms with Gasteiger partial charge in [-0.3, -0.25) is 4.52 Å². The van der Waals surface area contributed by atoms with E-state index in [1.807, 2.05) is 0 Å². The van der Waals surface area contributed by atoms with E-state index >= 15 is 0 Å². The highest BCUT2D eigenvalue weighted by Crippen LogP contribution is 2.37. The number of phosphoric ester groups is 1. The van der Waals surface area contributed by atoms with Crippen LogP contribution in [0.4, 0.5) is 0 Å². The molecule has 7 heteroatoms. The van der Waals surface area contributed by atoms with E-state index in [0.717, 1.165) is 12.8 Å². The van der Waals surface area contributed by atoms with E-state index in [0.29, 0.717) is 6.42 Å². The molecule has 22 heavy (non-hydrogen) atoms. The average Bonchev–Trinajstić information content (AvgIpc) is 2.46. The third-order valence-electron chi connectivity index (χ3n) is 3.79. The van der Waals surface area contributed by atoms with E-state index in [-0.39, 0.29) is 6.42 Å². The van der Waals surface area contributed by atoms with Crippen molar-refractivity contribution in [1.29, 1.82) is 0 Å². The molecule has 0 aliphatic carbocycles. The van der Waals surface area contributed by atoms with E-state index in [1.165, 1.54) is 44.9 Å². The molecule has 0 aliphatic rings. The number of hydrogen-bond acceptors (Lipinski definition) is 4. The van der Waals surface area contributed by atoms with Gasteiger partial charge in [-0.2, -0.15) is 0 Å². The monoisotopic (exact) mass is 340 g/mol. The first-order valence-corrected chi connectivity index (χ1v) is 9.89. The minimum absolute atomic E-state index is 0.278. The molecule has 0 saturated carbocycles. The van der Waals surface area contributed by atoms with Crippen molar-refractivity contribution < 1.29 is 29.1 Å². The summed E-state index contributed by atoms with van der Waals surface area (Å²) >= 11 is 0. The Morgan fingerprint density at radius 3 is 1.77 bits per heavy atom. The highest BCUT2D eigenvalue weighted by atomic mass is 31.2. The molecule has 0 fully saturated rings. The van der Waals surface area contributed by atoms with Gasteiger partial charge in [-0.15, -0.1) is 0 Å². The maximum absolute atomic E-state index is 10.6. The summed E-state index contributed by atoms with van der Waals surface area (Å²) in [5, 5.41) is 19.1. The predicted octanol–water partition coefficient (Wildman–Crippen LogP) is 3.13. The Kier molecular flexibility index (Phi) is 12.5. The van der Waals surface area contributed by atoms with E-state index in [9.17, 15) is 9.67 Å². The van der Waals surface area contributed by atoms with Crippen molar-refractivity contribution in [3.63, 3.8) is 0 Å². The first-order chi connectivity index (χ1) is 10.3. The normalized spacial score (nSPS) is 15.0. The lowest BCUT2D eigenvalue weighted by Crippen LogP contribution is -2.38. The maximum Gasteiger partial charge on any atom is 0.469 e. The van der Waals surface area contributed by atoms with Crippen LogP contribution in [0.3, 0.4) is 0 Å². The Labute approximate surface area is 134 Å². The molecule has 0 radical (unpaired) electrons. The molecule has 6 nitrogen and oxygen atoms in total. The van der Waals surface area contributed by atoms with Crippen molar-refractivity contribution in [2.24, 2.45) is 0 Å². The summed E-state index contributed by atoms with van der Waals surface area (Å²) < 4.78 is 14.9. The van der Waals surface area contributed by atoms with Crippen molar-refractivity contribution in [1.82, 2.24) is 0 Å². The molecular formula is C15H33O6P. The second-order valence-corrected chi connectivity index (χ2v) is 7.32. The van der Waals surface area contributed by atoms with Crippen LogP contribution in [-0.4, -0.2) is 38.8 Å². The SMILES string of the molecule is CCCCCCCCCCCCC(O)(CO)COP(=O)(O)O. The van der Waals surface area contributed by atoms with E-state index < -0.39 is 26.6 Å². The van der Waals surface area contributed by atoms with Gasteiger partial charge in [-0.25, -0.2) is 4.57 Å². The van der Waals surface area contributed by atoms with Gasteiger partial charge in [0.25, 0.3) is 0 Å². The molecule has 0 aromatic heterocycles. The minimum atomic E-state index is -4.61. The van der Waals surface area contributed by atoms with Crippen LogP contribution < -0.4 is 0 Å². The van der Waals surface area contributed by atoms with E-state index in [2.05, 4.69) is 11.4 Å². The maximum atomic E-state index is 10.6. The van der Waals surface area contributed by atoms with Crippen LogP contribution in [0, 0.1) is 0 Å². The van der Waals surface area contributed by atoms with Gasteiger partial charge in [0, 0.05) is 0 Å². The van der Waals surface area contributed by atoms with Crippen molar-refractivity contribution in [2.45, 2.75) is 83.2 Å². The van der Waals surface area contributed by atoms with Gasteiger partial charge in [0.2, 0.25) is 0 Å². The summed E-state index contributed by atoms with van der Waals surface area (Å²) in [6.45, 7) is 1.09. The second kappa shape index (κ2) is 12.5. The van der Waals surface area contributed by atoms with Gasteiger partial charge in [0.15, 0.2) is 0 Å². The fourth-order valence-corrected chi connectivity index (χ4v) is 2.75. The Morgan fingerprint density at radius 2 is 1.36 bits per heavy atom. The Morgan fingerprint density at radius 1 is 0.909 bits per heavy atom. The molecule has 1 atom stereocenters. The molecule has 0 amide bonds. The quantitative estimate of drug-likeness (QED) is 0.269. The summed E-state index contributed by atoms with van der Waals surface area (Å²) in [4.78, 5) is 17.2. The number of aliphatic hydroxyl groups excluding tert-OH is 1. The van der Waals surface area contributed by atoms with Crippen LogP contribution in [-0.2, 0) is 9.09 Å². The van der Waals surface area contributed by atoms with Crippen molar-refractivity contribution in [2.75, 3.05) is 13.2 Å². The van der Waals surface area contributed by atoms with Crippen LogP contribution in [0.25, 0.3) is 0 Å². The first kappa shape index (κ1) is 22.0. The molecular weight excluding hydrogens is 307 g/mol. The lowest BCUT2D eigenvalue weighted by molar-refractivity contribution is -0.0600. The summed E-state index contributed by atoms with van der Waals surface area (Å²) in [7, 11) is -4.61. The van der Waals surface area contributed by atoms with Crippen molar-refractivity contribution in [3.8, 4) is 0 Å². The molecule has 134 valence electrons. The number of aliphatic hydroxyl groups is 2. The summed E-state index contributed by atoms with van der Waals surface area (Å²) in [6, 6.07) is 0. The zero-order valence-electron chi connectivity index (χ0n) is 13.7. The lowest BCUT2D eigenvalue weighted by atomic mass is 9.97. The molecule has 0 rings (SSSR count). The molecule has 0 bridgehead atoms. The number of phosphoric acid groups is 1. The molecule has 0 aliphatic heterocycles. The van der Waals surface area contributed by atoms with Gasteiger partial charge in [-0.1, -0.05) is 71.1 Å². The van der Waals surface area contributed by atoms with Gasteiger partial charge < -0.3 is 20.0 Å². The summed E-state index contributed by atoms with van der Waals surface area (Å²) in [6.07, 6.45) is 11.9. The van der Waals surface area contributed by atoms with Crippen LogP contribution in [0.1, 0.15) is 77.6 Å². The molecule has 1 unspecified atom stereocenters. The zero-order valence-corrected chi connectivity index (χ0v) is 14.6. The van der Waals surface area contributed by atoms with Gasteiger partial charge in [0.1, 0.15) is 5.60 Å². The molecule has 0 spiro atoms. The third-order valence-corrected chi connectivity index (χ3v) is 4.26. The standard InChI is InChI=1S/C15H33O6P/c1-2-3-4-5-6-7-8-9-10-11-12-15(17,13-16)14-21-22(18,19)20/h16-17H,2-14H2,1H3,(H2,18,19,20). The van der Waals surface area contributed by atoms with Gasteiger partial charge in [-0.05, 0) is 6.42 Å². The van der Waals surface area contributed by atoms with Crippen LogP contribution in [0.5, 0.6) is 0 Å². The fraction of sp³-hybridized carbons (Fsp3) is 1.00. The largest absolute Gasteiger partial charge is 0.469 e. The number of rotatable bonds is 15. The zero-order chi connectivity index (χ0) is 16.9. The molecule has 0 aromatic carbocycles. The average molecular weight is 340 g/mol. The van der Waals surface area contributed by atoms with E-state index in [1.54, 1.807) is 0 Å². The highest BCUT2D eigenvalue weighted by Gasteiger charge is 2.29. The predicted molar refractivity (Wildman–Crippen MR) is 86.5 cm³/mol. The smallest absolute Gasteiger partial charge is 0.393 e. The fourth-order valence-electron chi connectivity index (χ4n) is 2.34. The van der Waals surface area contributed by atoms with Crippen molar-refractivity contribution in [3.05, 3.63) is 0 Å². The lowest BCUT2D eigenvalue weighted by Gasteiger charge is -2.25. The first-order valence-electron chi connectivity index (χ1n) is 8.36. The van der Waals surface area contributed by atoms with Crippen LogP contribution in [0.15, 0.2) is 0 Å². The molecule has 4 N–H and O–H groups in total. The summed E-state index contributed by atoms with van der Waals surface area (Å²) in [5.41, 5.74) is -1.57. The third kappa shape index (κ3) is 13.7. The van der Waals surface area contributed by atoms with Crippen LogP contribution in [0.2, 0.25) is 0 Å². The molecule has 0 heterocycles. The van der Waals surface area contributed by atoms with E-state index in [4.69, 9.17) is 14.9 Å². The van der Waals surface area contributed by atoms with Crippen LogP contribution >= 0.6 is 7.82 Å². The van der Waals surface area contributed by atoms with Crippen molar-refractivity contribution >= 4 is 7.82 Å². The minimum Gasteiger partial charge on any atom is -0.393 e. The number of hydrogen-bond donors (Lipinski definition) is 4. The topological polar surface area (TPSA) is 107 Å². The Balaban J connectivity index is 3.60. The Hall–Kier alpha value is 0.0300.